The fourth-order valence-electron chi connectivity index (χ4n) is 8.68. The number of hydrogen-bond acceptors (Lipinski definition) is 29. The van der Waals surface area contributed by atoms with Crippen molar-refractivity contribution in [1.29, 1.82) is 0 Å². The maximum atomic E-state index is 13.9. The van der Waals surface area contributed by atoms with E-state index in [4.69, 9.17) is 52.1 Å². The molecule has 19 atom stereocenters. The number of esters is 4. The lowest BCUT2D eigenvalue weighted by molar-refractivity contribution is -0.421. The first kappa shape index (κ1) is 61.2. The third kappa shape index (κ3) is 14.3. The van der Waals surface area contributed by atoms with E-state index in [1.165, 1.54) is 36.4 Å². The van der Waals surface area contributed by atoms with E-state index in [0.717, 1.165) is 55.5 Å². The summed E-state index contributed by atoms with van der Waals surface area (Å²) in [6.07, 6.45) is -34.0. The van der Waals surface area contributed by atoms with Gasteiger partial charge in [-0.05, 0) is 59.7 Å². The topological polar surface area (TPSA) is 453 Å². The van der Waals surface area contributed by atoms with Gasteiger partial charge in [0, 0.05) is 19.1 Å². The molecule has 4 heterocycles. The minimum absolute atomic E-state index is 0.129. The molecule has 7 rings (SSSR count). The van der Waals surface area contributed by atoms with Crippen molar-refractivity contribution in [1.82, 2.24) is 0 Å². The van der Waals surface area contributed by atoms with E-state index in [2.05, 4.69) is 0 Å². The molecule has 0 saturated carbocycles. The van der Waals surface area contributed by atoms with Crippen LogP contribution >= 0.6 is 0 Å². The van der Waals surface area contributed by atoms with Crippen molar-refractivity contribution in [3.63, 3.8) is 0 Å². The number of aliphatic hydroxyl groups is 10. The highest BCUT2D eigenvalue weighted by Gasteiger charge is 2.63. The van der Waals surface area contributed by atoms with Crippen LogP contribution in [0.2, 0.25) is 0 Å². The Morgan fingerprint density at radius 1 is 0.537 bits per heavy atom. The van der Waals surface area contributed by atoms with Crippen LogP contribution in [0.3, 0.4) is 0 Å². The molecule has 29 nitrogen and oxygen atoms in total. The zero-order chi connectivity index (χ0) is 58.2. The van der Waals surface area contributed by atoms with Crippen LogP contribution in [0.4, 0.5) is 0 Å². The lowest BCUT2D eigenvalue weighted by Gasteiger charge is -2.50. The van der Waals surface area contributed by atoms with Crippen molar-refractivity contribution in [2.45, 2.75) is 123 Å². The molecule has 4 saturated heterocycles. The zero-order valence-corrected chi connectivity index (χ0v) is 42.0. The van der Waals surface area contributed by atoms with Gasteiger partial charge in [0.2, 0.25) is 5.79 Å². The molecular formula is C51H60O29. The van der Waals surface area contributed by atoms with Gasteiger partial charge in [-0.2, -0.15) is 0 Å². The predicted molar refractivity (Wildman–Crippen MR) is 258 cm³/mol. The van der Waals surface area contributed by atoms with Crippen molar-refractivity contribution in [2.24, 2.45) is 0 Å². The van der Waals surface area contributed by atoms with E-state index in [1.54, 1.807) is 6.07 Å². The van der Waals surface area contributed by atoms with Crippen LogP contribution in [0.15, 0.2) is 78.9 Å². The third-order valence-corrected chi connectivity index (χ3v) is 13.0. The summed E-state index contributed by atoms with van der Waals surface area (Å²) >= 11 is 0. The number of carbonyl (C=O) groups excluding carboxylic acids is 4. The van der Waals surface area contributed by atoms with E-state index >= 15 is 0 Å². The van der Waals surface area contributed by atoms with E-state index in [9.17, 15) is 90.7 Å². The minimum atomic E-state index is -2.94. The van der Waals surface area contributed by atoms with Gasteiger partial charge in [0.05, 0.1) is 18.8 Å². The van der Waals surface area contributed by atoms with E-state index in [0.29, 0.717) is 0 Å². The van der Waals surface area contributed by atoms with Crippen molar-refractivity contribution in [3.8, 4) is 23.0 Å². The molecule has 438 valence electrons. The SMILES string of the molecule is CC(=O)OC[C@H]1O[C@@H](O[C@H]2[C@H](O)[C@@H](COC(=O)C=Cc3ccc(O)c(O)c3)O[C@H](O[C@]3(COC(=O)C=Cc4ccc(O)c(O)c4)O[C@H](CO)[C@@H](O)[C@@H]3OC(=O)c3ccccc3)[C@@H]2O[C@@H]2O[C@H](CO)[C@@H](O)[C@H](O)[C@H]2O)[C@H](O)[C@@H](O)[C@@H]1O. The van der Waals surface area contributed by atoms with Gasteiger partial charge in [0.25, 0.3) is 0 Å². The second-order valence-corrected chi connectivity index (χ2v) is 18.6. The molecule has 0 unspecified atom stereocenters. The molecule has 0 radical (unpaired) electrons. The maximum absolute atomic E-state index is 13.9. The lowest BCUT2D eigenvalue weighted by atomic mass is 9.95. The fourth-order valence-corrected chi connectivity index (χ4v) is 8.68. The molecule has 0 aliphatic carbocycles. The molecule has 0 amide bonds. The number of benzene rings is 3. The molecule has 0 aromatic heterocycles. The average Bonchev–Trinajstić information content (AvgIpc) is 3.70. The first-order valence-electron chi connectivity index (χ1n) is 24.5. The number of phenols is 4. The van der Waals surface area contributed by atoms with Crippen LogP contribution < -0.4 is 0 Å². The summed E-state index contributed by atoms with van der Waals surface area (Å²) in [6.45, 7) is -4.12. The van der Waals surface area contributed by atoms with Crippen LogP contribution in [0.25, 0.3) is 12.2 Å². The van der Waals surface area contributed by atoms with Gasteiger partial charge in [0.1, 0.15) is 105 Å². The van der Waals surface area contributed by atoms with E-state index in [1.807, 2.05) is 0 Å². The molecule has 29 heteroatoms. The first-order valence-corrected chi connectivity index (χ1v) is 24.5. The second kappa shape index (κ2) is 26.9. The smallest absolute Gasteiger partial charge is 0.338 e. The fraction of sp³-hybridized carbons (Fsp3) is 0.490. The number of carbonyl (C=O) groups is 4. The molecular weight excluding hydrogens is 1080 g/mol. The van der Waals surface area contributed by atoms with Crippen LogP contribution in [-0.2, 0) is 66.5 Å². The standard InChI is InChI=1S/C51H60O29/c1-22(54)70-19-32-37(62)41(66)43(68)49(74-32)76-44-38(63)33(20-71-34(59)13-9-23-7-11-26(55)28(57)15-23)75-50(45(44)77-48-42(67)40(65)36(61)30(17-52)73-48)80-51(21-72-35(60)14-10-24-8-12-27(56)29(58)16-24)46(39(64)31(18-53)79-51)78-47(69)25-5-3-2-4-6-25/h2-16,30-33,36-46,48-50,52-53,55-58,61-68H,17-21H2,1H3/t30-,31-,32-,33-,36-,37-,38-,39-,40+,41+,42-,43-,44+,45-,46+,48+,49+,50-,51+/m1/s1. The molecule has 4 aliphatic rings. The summed E-state index contributed by atoms with van der Waals surface area (Å²) < 4.78 is 64.2. The highest BCUT2D eigenvalue weighted by Crippen LogP contribution is 2.42. The molecule has 4 aliphatic heterocycles. The molecule has 3 aromatic rings. The van der Waals surface area contributed by atoms with Crippen LogP contribution in [0.5, 0.6) is 23.0 Å². The summed E-state index contributed by atoms with van der Waals surface area (Å²) in [4.78, 5) is 52.5. The molecule has 0 bridgehead atoms. The van der Waals surface area contributed by atoms with Crippen molar-refractivity contribution < 1.29 is 143 Å². The Balaban J connectivity index is 1.33. The Labute approximate surface area is 452 Å². The summed E-state index contributed by atoms with van der Waals surface area (Å²) in [6, 6.07) is 14.1. The van der Waals surface area contributed by atoms with Gasteiger partial charge < -0.3 is 124 Å². The first-order chi connectivity index (χ1) is 38.0. The molecule has 0 spiro atoms. The Morgan fingerprint density at radius 2 is 1.04 bits per heavy atom. The van der Waals surface area contributed by atoms with Crippen LogP contribution in [-0.4, -0.2) is 245 Å². The van der Waals surface area contributed by atoms with Gasteiger partial charge in [-0.15, -0.1) is 0 Å². The summed E-state index contributed by atoms with van der Waals surface area (Å²) in [5.74, 6) is -9.43. The molecule has 3 aromatic carbocycles. The van der Waals surface area contributed by atoms with Crippen molar-refractivity contribution >= 4 is 36.0 Å². The van der Waals surface area contributed by atoms with Crippen molar-refractivity contribution in [2.75, 3.05) is 33.0 Å². The number of hydrogen-bond donors (Lipinski definition) is 14. The predicted octanol–water partition coefficient (Wildman–Crippen LogP) is -3.96. The summed E-state index contributed by atoms with van der Waals surface area (Å²) in [5.41, 5.74) is 0.221. The van der Waals surface area contributed by atoms with Gasteiger partial charge >= 0.3 is 23.9 Å². The Hall–Kier alpha value is -6.46. The normalized spacial score (nSPS) is 34.5. The highest BCUT2D eigenvalue weighted by atomic mass is 16.8. The monoisotopic (exact) mass is 1140 g/mol. The van der Waals surface area contributed by atoms with Gasteiger partial charge in [0.15, 0.2) is 48.0 Å². The van der Waals surface area contributed by atoms with Crippen LogP contribution in [0, 0.1) is 0 Å². The highest BCUT2D eigenvalue weighted by molar-refractivity contribution is 5.90. The molecule has 4 fully saturated rings. The molecule has 80 heavy (non-hydrogen) atoms. The average molecular weight is 1140 g/mol. The van der Waals surface area contributed by atoms with Gasteiger partial charge in [-0.1, -0.05) is 30.3 Å². The second-order valence-electron chi connectivity index (χ2n) is 18.6. The Bertz CT molecular complexity index is 2650. The third-order valence-electron chi connectivity index (χ3n) is 13.0. The summed E-state index contributed by atoms with van der Waals surface area (Å²) in [5, 5.41) is 150. The zero-order valence-electron chi connectivity index (χ0n) is 42.0. The number of phenolic OH excluding ortho intramolecular Hbond substituents is 4. The maximum Gasteiger partial charge on any atom is 0.338 e. The number of aromatic hydroxyl groups is 4. The van der Waals surface area contributed by atoms with E-state index < -0.39 is 196 Å². The van der Waals surface area contributed by atoms with E-state index in [-0.39, 0.29) is 16.7 Å². The van der Waals surface area contributed by atoms with Gasteiger partial charge in [-0.25, -0.2) is 14.4 Å². The largest absolute Gasteiger partial charge is 0.504 e. The van der Waals surface area contributed by atoms with Crippen LogP contribution in [0.1, 0.15) is 28.4 Å². The Morgan fingerprint density at radius 3 is 1.59 bits per heavy atom. The lowest BCUT2D eigenvalue weighted by Crippen LogP contribution is -2.68. The van der Waals surface area contributed by atoms with Gasteiger partial charge in [-0.3, -0.25) is 4.79 Å². The van der Waals surface area contributed by atoms with Crippen molar-refractivity contribution in [3.05, 3.63) is 95.6 Å². The molecule has 14 N–H and O–H groups in total. The number of aliphatic hydroxyl groups excluding tert-OH is 10. The number of rotatable bonds is 20. The quantitative estimate of drug-likeness (QED) is 0.0222. The Kier molecular flexibility index (Phi) is 20.5. The number of ether oxygens (including phenoxy) is 11. The minimum Gasteiger partial charge on any atom is -0.504 e. The summed E-state index contributed by atoms with van der Waals surface area (Å²) in [7, 11) is 0.